The van der Waals surface area contributed by atoms with Gasteiger partial charge in [0.1, 0.15) is 5.54 Å². The van der Waals surface area contributed by atoms with E-state index in [-0.39, 0.29) is 11.9 Å². The Bertz CT molecular complexity index is 539. The number of hydrogen-bond donors (Lipinski definition) is 3. The Kier molecular flexibility index (Phi) is 3.21. The van der Waals surface area contributed by atoms with Gasteiger partial charge in [-0.3, -0.25) is 10.1 Å². The second-order valence-electron chi connectivity index (χ2n) is 5.13. The standard InChI is InChI=1S/C12H14ClN5O2/c13-7-5-14-10(15-6-7)16-8-1-3-12(4-2-8)9(19)17-11(20)18-12/h5-6,8H,1-4H2,(H,14,15,16)(H2,17,18,19,20). The van der Waals surface area contributed by atoms with E-state index in [2.05, 4.69) is 25.9 Å². The van der Waals surface area contributed by atoms with Crippen LogP contribution < -0.4 is 16.0 Å². The largest absolute Gasteiger partial charge is 0.351 e. The number of aromatic nitrogens is 2. The minimum Gasteiger partial charge on any atom is -0.351 e. The fraction of sp³-hybridized carbons (Fsp3) is 0.500. The molecular formula is C12H14ClN5O2. The number of amides is 3. The number of hydrogen-bond acceptors (Lipinski definition) is 5. The van der Waals surface area contributed by atoms with Crippen molar-refractivity contribution in [2.24, 2.45) is 0 Å². The molecule has 0 bridgehead atoms. The van der Waals surface area contributed by atoms with Gasteiger partial charge >= 0.3 is 6.03 Å². The predicted octanol–water partition coefficient (Wildman–Crippen LogP) is 1.06. The molecule has 3 amide bonds. The van der Waals surface area contributed by atoms with E-state index < -0.39 is 11.6 Å². The summed E-state index contributed by atoms with van der Waals surface area (Å²) in [5.74, 6) is 0.305. The summed E-state index contributed by atoms with van der Waals surface area (Å²) in [5, 5.41) is 8.74. The molecule has 1 saturated carbocycles. The number of halogens is 1. The van der Waals surface area contributed by atoms with Crippen LogP contribution >= 0.6 is 11.6 Å². The molecule has 0 unspecified atom stereocenters. The normalized spacial score (nSPS) is 29.1. The van der Waals surface area contributed by atoms with Crippen molar-refractivity contribution >= 4 is 29.5 Å². The minimum absolute atomic E-state index is 0.187. The number of carbonyl (C=O) groups is 2. The van der Waals surface area contributed by atoms with Crippen molar-refractivity contribution in [3.63, 3.8) is 0 Å². The van der Waals surface area contributed by atoms with Gasteiger partial charge in [0.05, 0.1) is 17.4 Å². The lowest BCUT2D eigenvalue weighted by molar-refractivity contribution is -0.125. The zero-order chi connectivity index (χ0) is 14.2. The maximum absolute atomic E-state index is 11.8. The van der Waals surface area contributed by atoms with E-state index in [1.165, 1.54) is 12.4 Å². The molecule has 106 valence electrons. The third-order valence-corrected chi connectivity index (χ3v) is 4.00. The van der Waals surface area contributed by atoms with Crippen LogP contribution in [-0.2, 0) is 4.79 Å². The van der Waals surface area contributed by atoms with Crippen molar-refractivity contribution in [3.05, 3.63) is 17.4 Å². The lowest BCUT2D eigenvalue weighted by Crippen LogP contribution is -2.51. The quantitative estimate of drug-likeness (QED) is 0.709. The minimum atomic E-state index is -0.726. The maximum Gasteiger partial charge on any atom is 0.322 e. The zero-order valence-electron chi connectivity index (χ0n) is 10.6. The molecule has 3 rings (SSSR count). The molecule has 2 aliphatic rings. The first-order valence-electron chi connectivity index (χ1n) is 6.45. The Morgan fingerprint density at radius 1 is 1.25 bits per heavy atom. The number of imide groups is 1. The molecule has 1 aliphatic heterocycles. The lowest BCUT2D eigenvalue weighted by atomic mass is 9.79. The topological polar surface area (TPSA) is 96.0 Å². The van der Waals surface area contributed by atoms with Crippen molar-refractivity contribution < 1.29 is 9.59 Å². The van der Waals surface area contributed by atoms with Crippen molar-refractivity contribution in [2.75, 3.05) is 5.32 Å². The van der Waals surface area contributed by atoms with Crippen LogP contribution in [0, 0.1) is 0 Å². The summed E-state index contributed by atoms with van der Waals surface area (Å²) in [6, 6.07) is -0.213. The fourth-order valence-electron chi connectivity index (χ4n) is 2.70. The zero-order valence-corrected chi connectivity index (χ0v) is 11.4. The van der Waals surface area contributed by atoms with Crippen molar-refractivity contribution in [1.82, 2.24) is 20.6 Å². The Morgan fingerprint density at radius 3 is 2.45 bits per heavy atom. The van der Waals surface area contributed by atoms with Gasteiger partial charge in [-0.2, -0.15) is 0 Å². The summed E-state index contributed by atoms with van der Waals surface area (Å²) in [5.41, 5.74) is -0.726. The molecule has 0 radical (unpaired) electrons. The predicted molar refractivity (Wildman–Crippen MR) is 72.3 cm³/mol. The molecule has 1 aliphatic carbocycles. The molecule has 7 nitrogen and oxygen atoms in total. The number of rotatable bonds is 2. The van der Waals surface area contributed by atoms with E-state index in [9.17, 15) is 9.59 Å². The van der Waals surface area contributed by atoms with Gasteiger partial charge in [-0.1, -0.05) is 11.6 Å². The molecule has 1 spiro atoms. The van der Waals surface area contributed by atoms with E-state index in [0.717, 1.165) is 12.8 Å². The highest BCUT2D eigenvalue weighted by atomic mass is 35.5. The van der Waals surface area contributed by atoms with Gasteiger partial charge in [0.25, 0.3) is 5.91 Å². The monoisotopic (exact) mass is 295 g/mol. The lowest BCUT2D eigenvalue weighted by Gasteiger charge is -2.34. The van der Waals surface area contributed by atoms with Crippen LogP contribution in [0.3, 0.4) is 0 Å². The molecule has 0 atom stereocenters. The third kappa shape index (κ3) is 2.40. The van der Waals surface area contributed by atoms with Gasteiger partial charge in [0.2, 0.25) is 5.95 Å². The average Bonchev–Trinajstić information content (AvgIpc) is 2.70. The van der Waals surface area contributed by atoms with Gasteiger partial charge in [0.15, 0.2) is 0 Å². The first-order chi connectivity index (χ1) is 9.57. The van der Waals surface area contributed by atoms with Gasteiger partial charge in [-0.15, -0.1) is 0 Å². The summed E-state index contributed by atoms with van der Waals surface area (Å²) in [6.45, 7) is 0. The third-order valence-electron chi connectivity index (χ3n) is 3.81. The van der Waals surface area contributed by atoms with Crippen LogP contribution in [0.2, 0.25) is 5.02 Å². The van der Waals surface area contributed by atoms with E-state index >= 15 is 0 Å². The van der Waals surface area contributed by atoms with Gasteiger partial charge in [-0.05, 0) is 25.7 Å². The molecule has 0 aromatic carbocycles. The Hall–Kier alpha value is -1.89. The summed E-state index contributed by atoms with van der Waals surface area (Å²) in [7, 11) is 0. The van der Waals surface area contributed by atoms with Crippen LogP contribution in [0.25, 0.3) is 0 Å². The molecule has 20 heavy (non-hydrogen) atoms. The fourth-order valence-corrected chi connectivity index (χ4v) is 2.80. The van der Waals surface area contributed by atoms with Crippen LogP contribution in [-0.4, -0.2) is 33.5 Å². The van der Waals surface area contributed by atoms with Gasteiger partial charge < -0.3 is 10.6 Å². The van der Waals surface area contributed by atoms with E-state index in [1.807, 2.05) is 0 Å². The number of nitrogens with zero attached hydrogens (tertiary/aromatic N) is 2. The van der Waals surface area contributed by atoms with Crippen molar-refractivity contribution in [3.8, 4) is 0 Å². The highest BCUT2D eigenvalue weighted by Gasteiger charge is 2.48. The molecule has 1 saturated heterocycles. The molecule has 1 aromatic rings. The number of carbonyl (C=O) groups excluding carboxylic acids is 2. The summed E-state index contributed by atoms with van der Waals surface area (Å²) >= 11 is 5.73. The SMILES string of the molecule is O=C1NC(=O)C2(CCC(Nc3ncc(Cl)cn3)CC2)N1. The summed E-state index contributed by atoms with van der Waals surface area (Å²) < 4.78 is 0. The Labute approximate surface area is 120 Å². The maximum atomic E-state index is 11.8. The molecule has 3 N–H and O–H groups in total. The van der Waals surface area contributed by atoms with Crippen LogP contribution in [0.15, 0.2) is 12.4 Å². The molecule has 2 fully saturated rings. The van der Waals surface area contributed by atoms with Crippen molar-refractivity contribution in [2.45, 2.75) is 37.3 Å². The van der Waals surface area contributed by atoms with E-state index in [0.29, 0.717) is 23.8 Å². The first-order valence-corrected chi connectivity index (χ1v) is 6.83. The van der Waals surface area contributed by atoms with Crippen molar-refractivity contribution in [1.29, 1.82) is 0 Å². The average molecular weight is 296 g/mol. The second kappa shape index (κ2) is 4.90. The molecular weight excluding hydrogens is 282 g/mol. The number of urea groups is 1. The molecule has 8 heteroatoms. The van der Waals surface area contributed by atoms with Crippen LogP contribution in [0.4, 0.5) is 10.7 Å². The Morgan fingerprint density at radius 2 is 1.90 bits per heavy atom. The Balaban J connectivity index is 1.60. The van der Waals surface area contributed by atoms with Gasteiger partial charge in [-0.25, -0.2) is 14.8 Å². The molecule has 1 aromatic heterocycles. The highest BCUT2D eigenvalue weighted by Crippen LogP contribution is 2.31. The summed E-state index contributed by atoms with van der Waals surface area (Å²) in [4.78, 5) is 31.2. The van der Waals surface area contributed by atoms with Crippen LogP contribution in [0.5, 0.6) is 0 Å². The number of nitrogens with one attached hydrogen (secondary N) is 3. The highest BCUT2D eigenvalue weighted by molar-refractivity contribution is 6.30. The molecule has 2 heterocycles. The van der Waals surface area contributed by atoms with Gasteiger partial charge in [0, 0.05) is 6.04 Å². The number of anilines is 1. The second-order valence-corrected chi connectivity index (χ2v) is 5.57. The summed E-state index contributed by atoms with van der Waals surface area (Å²) in [6.07, 6.45) is 5.81. The van der Waals surface area contributed by atoms with E-state index in [4.69, 9.17) is 11.6 Å². The van der Waals surface area contributed by atoms with E-state index in [1.54, 1.807) is 0 Å². The smallest absolute Gasteiger partial charge is 0.322 e. The first kappa shape index (κ1) is 13.1. The van der Waals surface area contributed by atoms with Crippen LogP contribution in [0.1, 0.15) is 25.7 Å².